The summed E-state index contributed by atoms with van der Waals surface area (Å²) < 4.78 is 4.97. The van der Waals surface area contributed by atoms with E-state index in [1.807, 2.05) is 0 Å². The fourth-order valence-corrected chi connectivity index (χ4v) is 2.21. The van der Waals surface area contributed by atoms with Crippen LogP contribution in [0.3, 0.4) is 0 Å². The lowest BCUT2D eigenvalue weighted by molar-refractivity contribution is -0.131. The second-order valence-corrected chi connectivity index (χ2v) is 4.41. The number of aldehydes is 1. The Morgan fingerprint density at radius 2 is 2.29 bits per heavy atom. The van der Waals surface area contributed by atoms with E-state index < -0.39 is 5.97 Å². The van der Waals surface area contributed by atoms with Gasteiger partial charge < -0.3 is 9.84 Å². The minimum absolute atomic E-state index is 0.0416. The number of aromatic hydroxyl groups is 1. The number of halogens is 1. The molecule has 1 N–H and O–H groups in total. The number of phenolic OH excluding ortho intramolecular Hbond substituents is 1. The van der Waals surface area contributed by atoms with Gasteiger partial charge in [0.15, 0.2) is 17.8 Å². The van der Waals surface area contributed by atoms with Gasteiger partial charge in [-0.3, -0.25) is 9.59 Å². The van der Waals surface area contributed by atoms with Crippen LogP contribution in [0.2, 0.25) is 0 Å². The fraction of sp³-hybridized carbons (Fsp3) is 0.333. The van der Waals surface area contributed by atoms with Gasteiger partial charge in [0.25, 0.3) is 0 Å². The molecule has 2 rings (SSSR count). The van der Waals surface area contributed by atoms with Gasteiger partial charge in [0.1, 0.15) is 5.33 Å². The molecule has 90 valence electrons. The zero-order valence-corrected chi connectivity index (χ0v) is 10.6. The van der Waals surface area contributed by atoms with E-state index in [9.17, 15) is 14.7 Å². The Bertz CT molecular complexity index is 482. The SMILES string of the molecule is O=Cc1c(O)c(OC(=O)CBr)cc2c1CCC2. The van der Waals surface area contributed by atoms with Gasteiger partial charge in [0, 0.05) is 0 Å². The van der Waals surface area contributed by atoms with Crippen LogP contribution >= 0.6 is 15.9 Å². The highest BCUT2D eigenvalue weighted by atomic mass is 79.9. The summed E-state index contributed by atoms with van der Waals surface area (Å²) in [5.74, 6) is -0.678. The van der Waals surface area contributed by atoms with Crippen LogP contribution in [0.4, 0.5) is 0 Å². The number of hydrogen-bond donors (Lipinski definition) is 1. The first-order valence-electron chi connectivity index (χ1n) is 5.27. The van der Waals surface area contributed by atoms with E-state index in [2.05, 4.69) is 15.9 Å². The summed E-state index contributed by atoms with van der Waals surface area (Å²) in [6.07, 6.45) is 3.19. The van der Waals surface area contributed by atoms with Gasteiger partial charge in [-0.05, 0) is 36.5 Å². The van der Waals surface area contributed by atoms with Crippen molar-refractivity contribution in [3.05, 3.63) is 22.8 Å². The highest BCUT2D eigenvalue weighted by molar-refractivity contribution is 9.09. The molecule has 0 saturated heterocycles. The van der Waals surface area contributed by atoms with Crippen molar-refractivity contribution in [1.29, 1.82) is 0 Å². The normalized spacial score (nSPS) is 13.2. The predicted octanol–water partition coefficient (Wildman–Crippen LogP) is 1.99. The second-order valence-electron chi connectivity index (χ2n) is 3.85. The Kier molecular flexibility index (Phi) is 3.47. The summed E-state index contributed by atoms with van der Waals surface area (Å²) in [5, 5.41) is 9.92. The molecular formula is C12H11BrO4. The molecule has 4 nitrogen and oxygen atoms in total. The van der Waals surface area contributed by atoms with Crippen molar-refractivity contribution in [2.75, 3.05) is 5.33 Å². The molecule has 1 aliphatic rings. The second kappa shape index (κ2) is 4.87. The van der Waals surface area contributed by atoms with E-state index in [4.69, 9.17) is 4.74 Å². The summed E-state index contributed by atoms with van der Waals surface area (Å²) in [5.41, 5.74) is 2.09. The summed E-state index contributed by atoms with van der Waals surface area (Å²) in [6.45, 7) is 0. The Labute approximate surface area is 107 Å². The number of esters is 1. The molecule has 0 unspecified atom stereocenters. The third-order valence-corrected chi connectivity index (χ3v) is 3.29. The van der Waals surface area contributed by atoms with Crippen molar-refractivity contribution in [1.82, 2.24) is 0 Å². The number of rotatable bonds is 3. The first-order valence-corrected chi connectivity index (χ1v) is 6.39. The highest BCUT2D eigenvalue weighted by Gasteiger charge is 2.22. The largest absolute Gasteiger partial charge is 0.504 e. The number of ether oxygens (including phenoxy) is 1. The van der Waals surface area contributed by atoms with Gasteiger partial charge >= 0.3 is 5.97 Å². The van der Waals surface area contributed by atoms with Crippen LogP contribution in [0.15, 0.2) is 6.07 Å². The zero-order chi connectivity index (χ0) is 12.4. The molecular weight excluding hydrogens is 288 g/mol. The predicted molar refractivity (Wildman–Crippen MR) is 64.9 cm³/mol. The van der Waals surface area contributed by atoms with Crippen LogP contribution < -0.4 is 4.74 Å². The summed E-state index contributed by atoms with van der Waals surface area (Å²) in [4.78, 5) is 22.1. The molecule has 0 aliphatic heterocycles. The lowest BCUT2D eigenvalue weighted by Crippen LogP contribution is -2.10. The molecule has 1 aliphatic carbocycles. The number of aryl methyl sites for hydroxylation is 1. The minimum Gasteiger partial charge on any atom is -0.504 e. The third-order valence-electron chi connectivity index (χ3n) is 2.83. The molecule has 0 bridgehead atoms. The first-order chi connectivity index (χ1) is 8.17. The Morgan fingerprint density at radius 1 is 1.53 bits per heavy atom. The van der Waals surface area contributed by atoms with Crippen LogP contribution in [0, 0.1) is 0 Å². The zero-order valence-electron chi connectivity index (χ0n) is 9.03. The van der Waals surface area contributed by atoms with Crippen molar-refractivity contribution in [3.8, 4) is 11.5 Å². The molecule has 5 heteroatoms. The maximum Gasteiger partial charge on any atom is 0.322 e. The molecule has 17 heavy (non-hydrogen) atoms. The molecule has 0 saturated carbocycles. The smallest absolute Gasteiger partial charge is 0.322 e. The maximum atomic E-state index is 11.2. The van der Waals surface area contributed by atoms with E-state index in [0.29, 0.717) is 6.29 Å². The number of alkyl halides is 1. The van der Waals surface area contributed by atoms with Crippen molar-refractivity contribution in [3.63, 3.8) is 0 Å². The first kappa shape index (κ1) is 12.1. The maximum absolute atomic E-state index is 11.2. The molecule has 1 aromatic rings. The molecule has 1 aromatic carbocycles. The minimum atomic E-state index is -0.505. The molecule has 0 amide bonds. The molecule has 0 fully saturated rings. The Hall–Kier alpha value is -1.36. The standard InChI is InChI=1S/C12H11BrO4/c13-5-11(15)17-10-4-7-2-1-3-8(7)9(6-14)12(10)16/h4,6,16H,1-3,5H2. The monoisotopic (exact) mass is 298 g/mol. The van der Waals surface area contributed by atoms with Crippen LogP contribution in [0.5, 0.6) is 11.5 Å². The number of hydrogen-bond acceptors (Lipinski definition) is 4. The average Bonchev–Trinajstić information content (AvgIpc) is 2.77. The summed E-state index contributed by atoms with van der Waals surface area (Å²) in [7, 11) is 0. The van der Waals surface area contributed by atoms with E-state index in [1.54, 1.807) is 6.07 Å². The molecule has 0 atom stereocenters. The lowest BCUT2D eigenvalue weighted by Gasteiger charge is -2.11. The van der Waals surface area contributed by atoms with Crippen LogP contribution in [-0.4, -0.2) is 22.7 Å². The molecule has 0 radical (unpaired) electrons. The van der Waals surface area contributed by atoms with Gasteiger partial charge in [-0.15, -0.1) is 0 Å². The Morgan fingerprint density at radius 3 is 2.94 bits per heavy atom. The topological polar surface area (TPSA) is 63.6 Å². The van der Waals surface area contributed by atoms with Gasteiger partial charge in [-0.2, -0.15) is 0 Å². The number of phenols is 1. The molecule has 0 aromatic heterocycles. The highest BCUT2D eigenvalue weighted by Crippen LogP contribution is 2.38. The van der Waals surface area contributed by atoms with E-state index >= 15 is 0 Å². The number of carbonyl (C=O) groups excluding carboxylic acids is 2. The quantitative estimate of drug-likeness (QED) is 0.401. The van der Waals surface area contributed by atoms with Gasteiger partial charge in [-0.1, -0.05) is 15.9 Å². The van der Waals surface area contributed by atoms with Gasteiger partial charge in [-0.25, -0.2) is 0 Å². The summed E-state index contributed by atoms with van der Waals surface area (Å²) in [6, 6.07) is 1.64. The van der Waals surface area contributed by atoms with Crippen LogP contribution in [0.1, 0.15) is 27.9 Å². The van der Waals surface area contributed by atoms with Gasteiger partial charge in [0.05, 0.1) is 5.56 Å². The number of benzene rings is 1. The Balaban J connectivity index is 2.47. The summed E-state index contributed by atoms with van der Waals surface area (Å²) >= 11 is 2.97. The molecule has 0 heterocycles. The van der Waals surface area contributed by atoms with Crippen molar-refractivity contribution < 1.29 is 19.4 Å². The third kappa shape index (κ3) is 2.20. The van der Waals surface area contributed by atoms with Gasteiger partial charge in [0.2, 0.25) is 0 Å². The number of carbonyl (C=O) groups is 2. The van der Waals surface area contributed by atoms with Crippen LogP contribution in [0.25, 0.3) is 0 Å². The van der Waals surface area contributed by atoms with Crippen molar-refractivity contribution >= 4 is 28.2 Å². The van der Waals surface area contributed by atoms with E-state index in [0.717, 1.165) is 30.4 Å². The lowest BCUT2D eigenvalue weighted by atomic mass is 10.0. The van der Waals surface area contributed by atoms with E-state index in [-0.39, 0.29) is 22.4 Å². The number of fused-ring (bicyclic) bond motifs is 1. The van der Waals surface area contributed by atoms with Crippen molar-refractivity contribution in [2.24, 2.45) is 0 Å². The fourth-order valence-electron chi connectivity index (χ4n) is 2.09. The average molecular weight is 299 g/mol. The van der Waals surface area contributed by atoms with Crippen molar-refractivity contribution in [2.45, 2.75) is 19.3 Å². The van der Waals surface area contributed by atoms with E-state index in [1.165, 1.54) is 0 Å². The molecule has 0 spiro atoms. The van der Waals surface area contributed by atoms with Crippen LogP contribution in [-0.2, 0) is 17.6 Å².